The highest BCUT2D eigenvalue weighted by Gasteiger charge is 2.81. The van der Waals surface area contributed by atoms with Crippen molar-refractivity contribution in [2.75, 3.05) is 46.7 Å². The molecule has 0 spiro atoms. The van der Waals surface area contributed by atoms with Gasteiger partial charge in [-0.05, 0) is 15.0 Å². The van der Waals surface area contributed by atoms with Crippen LogP contribution in [0.3, 0.4) is 0 Å². The first-order valence-electron chi connectivity index (χ1n) is 20.1. The Bertz CT molecular complexity index is 2460. The first-order chi connectivity index (χ1) is 30.8. The van der Waals surface area contributed by atoms with E-state index in [2.05, 4.69) is 37.2 Å². The minimum atomic E-state index is -2.01. The minimum Gasteiger partial charge on any atom is -0.314 e. The molecule has 14 saturated heterocycles. The summed E-state index contributed by atoms with van der Waals surface area (Å²) in [7, 11) is 0. The summed E-state index contributed by atoms with van der Waals surface area (Å²) in [5, 5.41) is 21.7. The molecule has 12 unspecified atom stereocenters. The molecule has 36 nitrogen and oxygen atoms in total. The number of nitroso groups, excluding NO2 is 3. The van der Waals surface area contributed by atoms with Gasteiger partial charge in [0.2, 0.25) is 22.1 Å². The Balaban J connectivity index is 0.914. The lowest BCUT2D eigenvalue weighted by Gasteiger charge is -2.39. The van der Waals surface area contributed by atoms with Crippen molar-refractivity contribution in [3.05, 3.63) is 14.7 Å². The van der Waals surface area contributed by atoms with Crippen molar-refractivity contribution in [3.8, 4) is 0 Å². The van der Waals surface area contributed by atoms with Crippen molar-refractivity contribution >= 4 is 54.3 Å². The van der Waals surface area contributed by atoms with Crippen molar-refractivity contribution in [1.82, 2.24) is 106 Å². The summed E-state index contributed by atoms with van der Waals surface area (Å²) in [6, 6.07) is -8.07. The molecule has 14 aliphatic heterocycles. The van der Waals surface area contributed by atoms with Gasteiger partial charge in [-0.25, -0.2) is 53.4 Å². The molecule has 0 aromatic carbocycles. The fourth-order valence-corrected chi connectivity index (χ4v) is 11.6. The van der Waals surface area contributed by atoms with Crippen LogP contribution in [0.1, 0.15) is 0 Å². The molecular formula is C28H33N24O12+3. The monoisotopic (exact) mass is 897 g/mol. The molecule has 334 valence electrons. The largest absolute Gasteiger partial charge is 0.518 e. The van der Waals surface area contributed by atoms with E-state index < -0.39 is 168 Å². The van der Waals surface area contributed by atoms with Crippen LogP contribution in [-0.4, -0.2) is 258 Å². The summed E-state index contributed by atoms with van der Waals surface area (Å²) in [5.41, 5.74) is 0. The second kappa shape index (κ2) is 11.3. The van der Waals surface area contributed by atoms with Crippen molar-refractivity contribution in [3.63, 3.8) is 0 Å². The van der Waals surface area contributed by atoms with Gasteiger partial charge in [-0.3, -0.25) is 64.9 Å². The number of carbonyl (C=O) groups excluding carboxylic acids is 9. The van der Waals surface area contributed by atoms with Gasteiger partial charge in [0.25, 0.3) is 6.17 Å². The Morgan fingerprint density at radius 1 is 0.375 bits per heavy atom. The molecule has 18 amide bonds. The van der Waals surface area contributed by atoms with Gasteiger partial charge in [-0.1, -0.05) is 0 Å². The summed E-state index contributed by atoms with van der Waals surface area (Å²) in [6.07, 6.45) is -17.0. The quantitative estimate of drug-likeness (QED) is 0.111. The number of amides is 18. The molecule has 0 aliphatic carbocycles. The third-order valence-electron chi connectivity index (χ3n) is 14.4. The highest BCUT2D eigenvalue weighted by molar-refractivity contribution is 5.98. The van der Waals surface area contributed by atoms with Crippen LogP contribution >= 0.6 is 0 Å². The predicted octanol–water partition coefficient (Wildman–Crippen LogP) is -7.69. The molecule has 0 aromatic heterocycles. The predicted molar refractivity (Wildman–Crippen MR) is 187 cm³/mol. The summed E-state index contributed by atoms with van der Waals surface area (Å²) in [6.45, 7) is -3.58. The Hall–Kier alpha value is -7.73. The molecule has 0 aromatic rings. The number of carbonyl (C=O) groups is 9. The number of hydrogen-bond acceptors (Lipinski definition) is 16. The molecule has 0 radical (unpaired) electrons. The van der Waals surface area contributed by atoms with E-state index in [1.54, 1.807) is 0 Å². The van der Waals surface area contributed by atoms with E-state index in [4.69, 9.17) is 0 Å². The molecule has 14 rings (SSSR count). The fourth-order valence-electron chi connectivity index (χ4n) is 11.6. The van der Waals surface area contributed by atoms with Gasteiger partial charge in [0.15, 0.2) is 35.7 Å². The summed E-state index contributed by atoms with van der Waals surface area (Å²) >= 11 is 0. The van der Waals surface area contributed by atoms with Crippen molar-refractivity contribution in [1.29, 1.82) is 0 Å². The number of nitrogens with zero attached hydrogens (tertiary/aromatic N) is 17. The minimum absolute atomic E-state index is 0.0670. The van der Waals surface area contributed by atoms with Gasteiger partial charge in [-0.15, -0.1) is 0 Å². The summed E-state index contributed by atoms with van der Waals surface area (Å²) < 4.78 is 0. The number of urea groups is 9. The van der Waals surface area contributed by atoms with Crippen molar-refractivity contribution in [2.24, 2.45) is 0 Å². The van der Waals surface area contributed by atoms with Crippen LogP contribution in [-0.2, 0) is 0 Å². The number of fused-ring (bicyclic) bond motifs is 12. The number of nitrogens with one attached hydrogen (secondary N) is 7. The average molecular weight is 898 g/mol. The lowest BCUT2D eigenvalue weighted by molar-refractivity contribution is -0.947. The van der Waals surface area contributed by atoms with E-state index >= 15 is 0 Å². The second-order valence-corrected chi connectivity index (χ2v) is 17.1. The number of imide groups is 1. The third-order valence-corrected chi connectivity index (χ3v) is 14.4. The Kier molecular flexibility index (Phi) is 6.30. The first-order valence-corrected chi connectivity index (χ1v) is 20.1. The molecular weight excluding hydrogens is 864 g/mol. The number of hydrazine groups is 3. The molecule has 36 heteroatoms. The lowest BCUT2D eigenvalue weighted by atomic mass is 10.3. The van der Waals surface area contributed by atoms with Gasteiger partial charge in [-0.2, -0.15) is 0 Å². The Morgan fingerprint density at radius 2 is 0.828 bits per heavy atom. The van der Waals surface area contributed by atoms with E-state index in [1.165, 1.54) is 9.80 Å². The summed E-state index contributed by atoms with van der Waals surface area (Å²) in [4.78, 5) is 184. The van der Waals surface area contributed by atoms with E-state index in [0.29, 0.717) is 15.0 Å². The van der Waals surface area contributed by atoms with Gasteiger partial charge in [0.1, 0.15) is 32.3 Å². The fraction of sp³-hybridized carbons (Fsp3) is 0.679. The van der Waals surface area contributed by atoms with Gasteiger partial charge >= 0.3 is 66.6 Å². The van der Waals surface area contributed by atoms with Crippen LogP contribution < -0.4 is 37.2 Å². The molecule has 12 atom stereocenters. The van der Waals surface area contributed by atoms with Crippen LogP contribution in [0.4, 0.5) is 43.2 Å². The highest BCUT2D eigenvalue weighted by atomic mass is 16.4. The SMILES string of the molecule is O=C1NC2C3N1CNC1NCN3C(=O)N2CN2C(=O)N3C(=O)NC(NCN4C(=O)NC2C43)C2NCN3C(=O)N4CN5C(=O)N6C7C5N(CN5C(=O)N(C3C45)[N+]2=O)C(=O)N7[N+](=O)C1[N+]6=O. The number of hydrogen-bond donors (Lipinski definition) is 7. The van der Waals surface area contributed by atoms with Crippen LogP contribution in [0.5, 0.6) is 0 Å². The van der Waals surface area contributed by atoms with Crippen molar-refractivity contribution < 1.29 is 57.8 Å². The van der Waals surface area contributed by atoms with E-state index in [-0.39, 0.29) is 21.3 Å². The van der Waals surface area contributed by atoms with E-state index in [9.17, 15) is 57.9 Å². The van der Waals surface area contributed by atoms with Gasteiger partial charge in [0, 0.05) is 0 Å². The Morgan fingerprint density at radius 3 is 1.47 bits per heavy atom. The lowest BCUT2D eigenvalue weighted by Crippen LogP contribution is -2.73. The number of rotatable bonds is 0. The van der Waals surface area contributed by atoms with Crippen LogP contribution in [0.15, 0.2) is 0 Å². The van der Waals surface area contributed by atoms with Gasteiger partial charge < -0.3 is 16.0 Å². The smallest absolute Gasteiger partial charge is 0.314 e. The highest BCUT2D eigenvalue weighted by Crippen LogP contribution is 2.45. The normalized spacial score (nSPS) is 40.1. The molecule has 7 N–H and O–H groups in total. The maximum Gasteiger partial charge on any atom is 0.518 e. The third kappa shape index (κ3) is 3.84. The van der Waals surface area contributed by atoms with Crippen LogP contribution in [0, 0.1) is 14.7 Å². The summed E-state index contributed by atoms with van der Waals surface area (Å²) in [5.74, 6) is 0. The molecule has 64 heavy (non-hydrogen) atoms. The average Bonchev–Trinajstić information content (AvgIpc) is 4.06. The van der Waals surface area contributed by atoms with Crippen LogP contribution in [0.2, 0.25) is 0 Å². The zero-order chi connectivity index (χ0) is 43.8. The van der Waals surface area contributed by atoms with E-state index in [0.717, 1.165) is 44.1 Å². The topological polar surface area (TPSA) is 343 Å². The zero-order valence-electron chi connectivity index (χ0n) is 32.4. The van der Waals surface area contributed by atoms with Crippen LogP contribution in [0.25, 0.3) is 0 Å². The maximum absolute atomic E-state index is 14.7. The molecule has 0 saturated carbocycles. The van der Waals surface area contributed by atoms with Gasteiger partial charge in [0.05, 0.1) is 41.4 Å². The van der Waals surface area contributed by atoms with E-state index in [1.807, 2.05) is 0 Å². The maximum atomic E-state index is 14.7. The van der Waals surface area contributed by atoms with Crippen molar-refractivity contribution in [2.45, 2.75) is 74.0 Å². The molecule has 14 fully saturated rings. The standard InChI is InChI=1S/C28H30N24O12/c53-20-34-11-14-36(20)2-30-9-13-51(63)48-19-17-44(27(48)60)6-42-16-18-39(24(42)57)4-32-10(50(62)47(18)26(59)43(16)7-45(17)28(61)49(19)52(13)64)8-29-1-37-15-12(35-21(37)54)41(25(58)46(15)22(55)33-8)5-40(11)23(56)38(14)3-31-9/h8-19,29-32H,1-7H2/p+3. The molecule has 14 aliphatic rings. The second-order valence-electron chi connectivity index (χ2n) is 17.1. The first kappa shape index (κ1) is 35.8. The zero-order valence-corrected chi connectivity index (χ0v) is 32.4. The Labute approximate surface area is 353 Å². The molecule has 14 heterocycles. The molecule has 12 bridgehead atoms.